The Balaban J connectivity index is 1.70. The second-order valence-electron chi connectivity index (χ2n) is 5.02. The molecule has 0 aliphatic carbocycles. The van der Waals surface area contributed by atoms with Gasteiger partial charge in [-0.2, -0.15) is 20.2 Å². The lowest BCUT2D eigenvalue weighted by Gasteiger charge is -2.06. The van der Waals surface area contributed by atoms with Crippen molar-refractivity contribution >= 4 is 33.6 Å². The Kier molecular flexibility index (Phi) is 6.04. The molecule has 1 aliphatic rings. The molecule has 23 heavy (non-hydrogen) atoms. The average molecular weight is 361 g/mol. The van der Waals surface area contributed by atoms with Gasteiger partial charge in [0, 0.05) is 12.3 Å². The zero-order chi connectivity index (χ0) is 16.9. The largest absolute Gasteiger partial charge is 0.464 e. The highest BCUT2D eigenvalue weighted by Crippen LogP contribution is 2.16. The van der Waals surface area contributed by atoms with Gasteiger partial charge >= 0.3 is 10.2 Å². The molecule has 0 fully saturated rings. The summed E-state index contributed by atoms with van der Waals surface area (Å²) in [5, 5.41) is 11.6. The van der Waals surface area contributed by atoms with Crippen LogP contribution in [-0.2, 0) is 22.5 Å². The summed E-state index contributed by atoms with van der Waals surface area (Å²) < 4.78 is 34.6. The molecule has 1 aliphatic heterocycles. The first-order valence-corrected chi connectivity index (χ1v) is 9.34. The van der Waals surface area contributed by atoms with Crippen molar-refractivity contribution in [2.45, 2.75) is 12.3 Å². The van der Waals surface area contributed by atoms with Crippen LogP contribution in [0.1, 0.15) is 11.5 Å². The summed E-state index contributed by atoms with van der Waals surface area (Å²) in [6, 6.07) is 3.91. The Morgan fingerprint density at radius 2 is 1.96 bits per heavy atom. The number of thioether (sulfide) groups is 1. The van der Waals surface area contributed by atoms with Crippen LogP contribution in [0.2, 0.25) is 0 Å². The minimum absolute atomic E-state index is 0.0133. The minimum Gasteiger partial charge on any atom is -0.464 e. The summed E-state index contributed by atoms with van der Waals surface area (Å²) in [5.74, 6) is 3.06. The molecule has 1 aromatic rings. The van der Waals surface area contributed by atoms with Crippen LogP contribution in [0.3, 0.4) is 0 Å². The molecule has 0 radical (unpaired) electrons. The molecule has 0 bridgehead atoms. The molecule has 128 valence electrons. The van der Waals surface area contributed by atoms with E-state index in [9.17, 15) is 8.42 Å². The summed E-state index contributed by atoms with van der Waals surface area (Å²) in [7, 11) is 0.0745. The van der Waals surface area contributed by atoms with Crippen LogP contribution >= 0.6 is 11.8 Å². The number of nitrogens with zero attached hydrogens (tertiary/aromatic N) is 3. The molecule has 11 heteroatoms. The molecule has 9 nitrogen and oxygen atoms in total. The number of hydrogen-bond donors (Lipinski definition) is 3. The SMILES string of the molecule is CN(C)Cc1ccc(CSCCNC2=NS(=O)(=O)N=C2NO)o1. The van der Waals surface area contributed by atoms with Gasteiger partial charge < -0.3 is 14.6 Å². The quantitative estimate of drug-likeness (QED) is 0.465. The Hall–Kier alpha value is -1.56. The van der Waals surface area contributed by atoms with Crippen LogP contribution in [-0.4, -0.2) is 56.6 Å². The highest BCUT2D eigenvalue weighted by Gasteiger charge is 2.23. The van der Waals surface area contributed by atoms with Crippen molar-refractivity contribution in [1.82, 2.24) is 15.7 Å². The van der Waals surface area contributed by atoms with Gasteiger partial charge in [0.15, 0.2) is 5.84 Å². The smallest absolute Gasteiger partial charge is 0.367 e. The molecule has 0 amide bonds. The standard InChI is InChI=1S/C12H19N5O4S2/c1-17(2)7-9-3-4-10(21-9)8-22-6-5-13-11-12(14-18)16-23(19,20)15-11/h3-4,18H,5-8H2,1-2H3,(H,13,15)(H,14,16). The van der Waals surface area contributed by atoms with Crippen molar-refractivity contribution in [2.24, 2.45) is 8.80 Å². The molecule has 0 aromatic carbocycles. The number of hydrogen-bond acceptors (Lipinski definition) is 8. The molecule has 0 spiro atoms. The maximum absolute atomic E-state index is 11.2. The summed E-state index contributed by atoms with van der Waals surface area (Å²) in [5.41, 5.74) is 1.71. The molecular weight excluding hydrogens is 342 g/mol. The minimum atomic E-state index is -3.88. The first kappa shape index (κ1) is 17.8. The van der Waals surface area contributed by atoms with Gasteiger partial charge in [-0.05, 0) is 26.2 Å². The molecule has 2 heterocycles. The van der Waals surface area contributed by atoms with Crippen LogP contribution in [0.15, 0.2) is 25.3 Å². The van der Waals surface area contributed by atoms with E-state index in [1.54, 1.807) is 17.2 Å². The van der Waals surface area contributed by atoms with Gasteiger partial charge in [-0.15, -0.1) is 8.80 Å². The first-order chi connectivity index (χ1) is 10.9. The Morgan fingerprint density at radius 3 is 2.65 bits per heavy atom. The van der Waals surface area contributed by atoms with Gasteiger partial charge in [0.2, 0.25) is 5.84 Å². The zero-order valence-corrected chi connectivity index (χ0v) is 14.4. The molecule has 3 N–H and O–H groups in total. The van der Waals surface area contributed by atoms with E-state index < -0.39 is 10.2 Å². The van der Waals surface area contributed by atoms with Gasteiger partial charge in [-0.25, -0.2) is 5.48 Å². The molecule has 0 atom stereocenters. The van der Waals surface area contributed by atoms with E-state index >= 15 is 0 Å². The second kappa shape index (κ2) is 7.81. The van der Waals surface area contributed by atoms with E-state index in [0.29, 0.717) is 12.3 Å². The van der Waals surface area contributed by atoms with Crippen LogP contribution in [0.4, 0.5) is 0 Å². The number of amidine groups is 2. The summed E-state index contributed by atoms with van der Waals surface area (Å²) >= 11 is 1.63. The Morgan fingerprint density at radius 1 is 1.26 bits per heavy atom. The molecule has 1 aromatic heterocycles. The predicted molar refractivity (Wildman–Crippen MR) is 89.0 cm³/mol. The Bertz CT molecular complexity index is 696. The van der Waals surface area contributed by atoms with Gasteiger partial charge in [0.1, 0.15) is 11.5 Å². The summed E-state index contributed by atoms with van der Waals surface area (Å²) in [6.45, 7) is 1.24. The fraction of sp³-hybridized carbons (Fsp3) is 0.500. The van der Waals surface area contributed by atoms with Crippen molar-refractivity contribution in [1.29, 1.82) is 0 Å². The molecular formula is C12H19N5O4S2. The van der Waals surface area contributed by atoms with Crippen LogP contribution in [0.25, 0.3) is 0 Å². The van der Waals surface area contributed by atoms with Crippen LogP contribution < -0.4 is 10.8 Å². The van der Waals surface area contributed by atoms with Crippen molar-refractivity contribution < 1.29 is 18.0 Å². The fourth-order valence-corrected chi connectivity index (χ4v) is 3.37. The lowest BCUT2D eigenvalue weighted by atomic mass is 10.4. The molecule has 0 saturated heterocycles. The van der Waals surface area contributed by atoms with E-state index in [2.05, 4.69) is 14.1 Å². The maximum atomic E-state index is 11.2. The lowest BCUT2D eigenvalue weighted by Crippen LogP contribution is -2.37. The maximum Gasteiger partial charge on any atom is 0.367 e. The van der Waals surface area contributed by atoms with Crippen molar-refractivity contribution in [3.05, 3.63) is 23.7 Å². The highest BCUT2D eigenvalue weighted by atomic mass is 32.2. The van der Waals surface area contributed by atoms with E-state index in [-0.39, 0.29) is 11.7 Å². The number of furan rings is 1. The van der Waals surface area contributed by atoms with E-state index in [1.165, 1.54) is 0 Å². The van der Waals surface area contributed by atoms with E-state index in [0.717, 1.165) is 23.8 Å². The lowest BCUT2D eigenvalue weighted by molar-refractivity contribution is 0.237. The van der Waals surface area contributed by atoms with Gasteiger partial charge in [0.05, 0.1) is 12.3 Å². The first-order valence-electron chi connectivity index (χ1n) is 6.79. The predicted octanol–water partition coefficient (Wildman–Crippen LogP) is 0.198. The number of nitrogens with one attached hydrogen (secondary N) is 2. The Labute approximate surface area is 139 Å². The van der Waals surface area contributed by atoms with Gasteiger partial charge in [-0.3, -0.25) is 5.21 Å². The van der Waals surface area contributed by atoms with Crippen molar-refractivity contribution in [2.75, 3.05) is 26.4 Å². The zero-order valence-electron chi connectivity index (χ0n) is 12.8. The van der Waals surface area contributed by atoms with Gasteiger partial charge in [0.25, 0.3) is 0 Å². The fourth-order valence-electron chi connectivity index (χ4n) is 1.84. The number of hydroxylamine groups is 1. The monoisotopic (exact) mass is 361 g/mol. The third-order valence-electron chi connectivity index (χ3n) is 2.72. The average Bonchev–Trinajstić information content (AvgIpc) is 3.01. The number of rotatable bonds is 7. The third-order valence-corrected chi connectivity index (χ3v) is 4.52. The van der Waals surface area contributed by atoms with Crippen LogP contribution in [0.5, 0.6) is 0 Å². The summed E-state index contributed by atoms with van der Waals surface area (Å²) in [6.07, 6.45) is 0. The second-order valence-corrected chi connectivity index (χ2v) is 7.39. The van der Waals surface area contributed by atoms with E-state index in [4.69, 9.17) is 9.62 Å². The van der Waals surface area contributed by atoms with Crippen molar-refractivity contribution in [3.63, 3.8) is 0 Å². The third kappa shape index (κ3) is 5.53. The van der Waals surface area contributed by atoms with Gasteiger partial charge in [-0.1, -0.05) is 0 Å². The van der Waals surface area contributed by atoms with Crippen molar-refractivity contribution in [3.8, 4) is 0 Å². The molecule has 2 rings (SSSR count). The highest BCUT2D eigenvalue weighted by molar-refractivity contribution is 7.98. The molecule has 0 unspecified atom stereocenters. The topological polar surface area (TPSA) is 120 Å². The van der Waals surface area contributed by atoms with E-state index in [1.807, 2.05) is 31.1 Å². The summed E-state index contributed by atoms with van der Waals surface area (Å²) in [4.78, 5) is 2.03. The normalized spacial score (nSPS) is 16.3. The van der Waals surface area contributed by atoms with Crippen LogP contribution in [0, 0.1) is 0 Å². The molecule has 0 saturated carbocycles.